The molecule has 18 heavy (non-hydrogen) atoms. The molecule has 0 radical (unpaired) electrons. The van der Waals surface area contributed by atoms with Crippen LogP contribution in [0.5, 0.6) is 0 Å². The van der Waals surface area contributed by atoms with Gasteiger partial charge in [0, 0.05) is 24.7 Å². The fourth-order valence-electron chi connectivity index (χ4n) is 3.37. The van der Waals surface area contributed by atoms with Crippen LogP contribution in [-0.4, -0.2) is 48.7 Å². The van der Waals surface area contributed by atoms with E-state index in [4.69, 9.17) is 4.74 Å². The van der Waals surface area contributed by atoms with E-state index in [0.29, 0.717) is 12.6 Å². The molecule has 1 amide bonds. The molecule has 0 unspecified atom stereocenters. The molecule has 2 aliphatic rings. The summed E-state index contributed by atoms with van der Waals surface area (Å²) in [6.45, 7) is 7.04. The Bertz CT molecular complexity index is 296. The molecule has 0 aliphatic carbocycles. The molecule has 104 valence electrons. The molecule has 1 N–H and O–H groups in total. The van der Waals surface area contributed by atoms with Gasteiger partial charge in [0.05, 0.1) is 0 Å². The second kappa shape index (κ2) is 6.02. The van der Waals surface area contributed by atoms with Crippen molar-refractivity contribution in [1.29, 1.82) is 0 Å². The Balaban J connectivity index is 2.07. The Morgan fingerprint density at radius 1 is 1.44 bits per heavy atom. The van der Waals surface area contributed by atoms with Crippen molar-refractivity contribution in [3.63, 3.8) is 0 Å². The van der Waals surface area contributed by atoms with Gasteiger partial charge in [-0.05, 0) is 46.1 Å². The molecule has 2 aliphatic heterocycles. The first-order chi connectivity index (χ1) is 8.67. The van der Waals surface area contributed by atoms with E-state index in [1.165, 1.54) is 19.3 Å². The van der Waals surface area contributed by atoms with Gasteiger partial charge in [0.15, 0.2) is 0 Å². The van der Waals surface area contributed by atoms with Crippen LogP contribution in [0.2, 0.25) is 0 Å². The fourth-order valence-corrected chi connectivity index (χ4v) is 3.37. The number of nitrogens with zero attached hydrogens (tertiary/aromatic N) is 1. The minimum atomic E-state index is 0.108. The topological polar surface area (TPSA) is 41.6 Å². The molecule has 0 spiro atoms. The highest BCUT2D eigenvalue weighted by atomic mass is 16.5. The molecule has 0 aromatic heterocycles. The highest BCUT2D eigenvalue weighted by Gasteiger charge is 2.42. The highest BCUT2D eigenvalue weighted by Crippen LogP contribution is 2.32. The molecular formula is C14H26N2O2. The van der Waals surface area contributed by atoms with Gasteiger partial charge in [-0.1, -0.05) is 6.42 Å². The van der Waals surface area contributed by atoms with Gasteiger partial charge in [-0.25, -0.2) is 0 Å². The number of fused-ring (bicyclic) bond motifs is 1. The lowest BCUT2D eigenvalue weighted by molar-refractivity contribution is -0.142. The molecular weight excluding hydrogens is 228 g/mol. The van der Waals surface area contributed by atoms with Gasteiger partial charge in [-0.15, -0.1) is 0 Å². The zero-order valence-corrected chi connectivity index (χ0v) is 11.7. The summed E-state index contributed by atoms with van der Waals surface area (Å²) in [7, 11) is 0. The van der Waals surface area contributed by atoms with Crippen molar-refractivity contribution in [2.24, 2.45) is 0 Å². The molecule has 0 bridgehead atoms. The molecule has 2 heterocycles. The molecule has 2 atom stereocenters. The lowest BCUT2D eigenvalue weighted by Gasteiger charge is -2.48. The number of ether oxygens (including phenoxy) is 1. The summed E-state index contributed by atoms with van der Waals surface area (Å²) in [6, 6.07) is 0.349. The van der Waals surface area contributed by atoms with Gasteiger partial charge >= 0.3 is 0 Å². The van der Waals surface area contributed by atoms with Crippen LogP contribution in [0.1, 0.15) is 46.0 Å². The van der Waals surface area contributed by atoms with Gasteiger partial charge in [-0.2, -0.15) is 0 Å². The molecule has 4 heteroatoms. The number of carbonyl (C=O) groups is 1. The zero-order valence-electron chi connectivity index (χ0n) is 11.7. The molecule has 0 aromatic carbocycles. The van der Waals surface area contributed by atoms with Crippen LogP contribution >= 0.6 is 0 Å². The van der Waals surface area contributed by atoms with Gasteiger partial charge < -0.3 is 15.0 Å². The van der Waals surface area contributed by atoms with E-state index < -0.39 is 0 Å². The minimum Gasteiger partial charge on any atom is -0.372 e. The van der Waals surface area contributed by atoms with E-state index in [9.17, 15) is 4.79 Å². The number of piperidine rings is 1. The van der Waals surface area contributed by atoms with Crippen molar-refractivity contribution in [1.82, 2.24) is 10.2 Å². The van der Waals surface area contributed by atoms with E-state index in [-0.39, 0.29) is 18.1 Å². The third-order valence-electron chi connectivity index (χ3n) is 4.39. The maximum Gasteiger partial charge on any atom is 0.248 e. The lowest BCUT2D eigenvalue weighted by Crippen LogP contribution is -2.63. The van der Waals surface area contributed by atoms with Gasteiger partial charge in [0.1, 0.15) is 6.61 Å². The number of rotatable bonds is 3. The van der Waals surface area contributed by atoms with Crippen molar-refractivity contribution in [2.75, 3.05) is 26.3 Å². The Kier molecular flexibility index (Phi) is 4.62. The first kappa shape index (κ1) is 13.8. The largest absolute Gasteiger partial charge is 0.372 e. The van der Waals surface area contributed by atoms with Crippen LogP contribution in [0, 0.1) is 0 Å². The maximum atomic E-state index is 12.2. The fraction of sp³-hybridized carbons (Fsp3) is 0.929. The molecule has 0 saturated carbocycles. The molecule has 4 nitrogen and oxygen atoms in total. The summed E-state index contributed by atoms with van der Waals surface area (Å²) in [4.78, 5) is 14.3. The number of nitrogens with one attached hydrogen (secondary N) is 1. The summed E-state index contributed by atoms with van der Waals surface area (Å²) in [5.41, 5.74) is 0.108. The summed E-state index contributed by atoms with van der Waals surface area (Å²) in [5.74, 6) is 0.163. The number of hydrogen-bond donors (Lipinski definition) is 1. The quantitative estimate of drug-likeness (QED) is 0.831. The molecule has 2 saturated heterocycles. The van der Waals surface area contributed by atoms with Crippen LogP contribution in [0.3, 0.4) is 0 Å². The van der Waals surface area contributed by atoms with Crippen molar-refractivity contribution in [3.8, 4) is 0 Å². The maximum absolute atomic E-state index is 12.2. The minimum absolute atomic E-state index is 0.108. The van der Waals surface area contributed by atoms with Crippen molar-refractivity contribution in [2.45, 2.75) is 57.5 Å². The van der Waals surface area contributed by atoms with E-state index in [0.717, 1.165) is 25.9 Å². The predicted molar refractivity (Wildman–Crippen MR) is 71.5 cm³/mol. The van der Waals surface area contributed by atoms with Crippen LogP contribution in [0.15, 0.2) is 0 Å². The van der Waals surface area contributed by atoms with Crippen LogP contribution in [-0.2, 0) is 9.53 Å². The third-order valence-corrected chi connectivity index (χ3v) is 4.39. The average molecular weight is 254 g/mol. The van der Waals surface area contributed by atoms with Crippen LogP contribution in [0.4, 0.5) is 0 Å². The summed E-state index contributed by atoms with van der Waals surface area (Å²) >= 11 is 0. The summed E-state index contributed by atoms with van der Waals surface area (Å²) < 4.78 is 5.28. The van der Waals surface area contributed by atoms with E-state index in [1.807, 2.05) is 6.92 Å². The number of amides is 1. The Labute approximate surface area is 110 Å². The van der Waals surface area contributed by atoms with Crippen molar-refractivity contribution in [3.05, 3.63) is 0 Å². The van der Waals surface area contributed by atoms with E-state index in [1.54, 1.807) is 0 Å². The normalized spacial score (nSPS) is 32.8. The molecule has 0 aromatic rings. The Hall–Kier alpha value is -0.610. The van der Waals surface area contributed by atoms with Gasteiger partial charge in [0.2, 0.25) is 5.91 Å². The van der Waals surface area contributed by atoms with E-state index in [2.05, 4.69) is 17.1 Å². The third kappa shape index (κ3) is 2.86. The van der Waals surface area contributed by atoms with Crippen molar-refractivity contribution >= 4 is 5.91 Å². The van der Waals surface area contributed by atoms with E-state index >= 15 is 0 Å². The standard InChI is InChI=1S/C14H26N2O2/c1-3-18-11-13(17)16-10-6-8-14(2)12(16)7-4-5-9-15-14/h12,15H,3-11H2,1-2H3/t12-,14-/m0/s1. The Morgan fingerprint density at radius 2 is 2.28 bits per heavy atom. The zero-order chi connectivity index (χ0) is 13.0. The predicted octanol–water partition coefficient (Wildman–Crippen LogP) is 1.55. The number of hydrogen-bond acceptors (Lipinski definition) is 3. The second-order valence-electron chi connectivity index (χ2n) is 5.68. The van der Waals surface area contributed by atoms with Crippen LogP contribution in [0.25, 0.3) is 0 Å². The summed E-state index contributed by atoms with van der Waals surface area (Å²) in [5, 5.41) is 3.67. The van der Waals surface area contributed by atoms with Gasteiger partial charge in [0.25, 0.3) is 0 Å². The van der Waals surface area contributed by atoms with Crippen LogP contribution < -0.4 is 5.32 Å². The first-order valence-corrected chi connectivity index (χ1v) is 7.29. The summed E-state index contributed by atoms with van der Waals surface area (Å²) in [6.07, 6.45) is 5.83. The average Bonchev–Trinajstić information content (AvgIpc) is 2.56. The highest BCUT2D eigenvalue weighted by molar-refractivity contribution is 5.78. The monoisotopic (exact) mass is 254 g/mol. The number of carbonyl (C=O) groups excluding carboxylic acids is 1. The van der Waals surface area contributed by atoms with Crippen molar-refractivity contribution < 1.29 is 9.53 Å². The smallest absolute Gasteiger partial charge is 0.248 e. The second-order valence-corrected chi connectivity index (χ2v) is 5.68. The number of likely N-dealkylation sites (tertiary alicyclic amines) is 1. The lowest BCUT2D eigenvalue weighted by atomic mass is 9.81. The van der Waals surface area contributed by atoms with Gasteiger partial charge in [-0.3, -0.25) is 4.79 Å². The SMILES string of the molecule is CCOCC(=O)N1CCC[C@]2(C)NCCCC[C@H]12. The molecule has 2 rings (SSSR count). The molecule has 2 fully saturated rings. The Morgan fingerprint density at radius 3 is 3.06 bits per heavy atom. The first-order valence-electron chi connectivity index (χ1n) is 7.29.